The molecule has 0 saturated carbocycles. The Morgan fingerprint density at radius 1 is 0.380 bits per heavy atom. The summed E-state index contributed by atoms with van der Waals surface area (Å²) in [6.45, 7) is 0. The van der Waals surface area contributed by atoms with Crippen molar-refractivity contribution < 1.29 is 26.3 Å². The molecule has 0 spiro atoms. The van der Waals surface area contributed by atoms with Crippen LogP contribution in [0.4, 0.5) is 26.3 Å². The summed E-state index contributed by atoms with van der Waals surface area (Å²) < 4.78 is 81.0. The van der Waals surface area contributed by atoms with E-state index >= 15 is 0 Å². The largest absolute Gasteiger partial charge is 0.416 e. The predicted octanol–water partition coefficient (Wildman–Crippen LogP) is 10.7. The molecule has 238 valence electrons. The third kappa shape index (κ3) is 4.99. The lowest BCUT2D eigenvalue weighted by Gasteiger charge is -2.11. The minimum Gasteiger partial charge on any atom is -0.192 e. The van der Waals surface area contributed by atoms with Gasteiger partial charge in [0.1, 0.15) is 35.4 Å². The summed E-state index contributed by atoms with van der Waals surface area (Å²) in [5, 5.41) is 40.0. The van der Waals surface area contributed by atoms with Gasteiger partial charge >= 0.3 is 12.4 Å². The number of fused-ring (bicyclic) bond motifs is 6. The van der Waals surface area contributed by atoms with Crippen molar-refractivity contribution in [3.05, 3.63) is 142 Å². The van der Waals surface area contributed by atoms with Gasteiger partial charge < -0.3 is 0 Å². The normalized spacial score (nSPS) is 12.4. The van der Waals surface area contributed by atoms with Crippen LogP contribution in [0.3, 0.4) is 0 Å². The average molecular weight is 667 g/mol. The lowest BCUT2D eigenvalue weighted by Crippen LogP contribution is -2.04. The highest BCUT2D eigenvalue weighted by Crippen LogP contribution is 2.54. The number of benzene rings is 5. The highest BCUT2D eigenvalue weighted by Gasteiger charge is 2.35. The molecule has 5 aromatic rings. The van der Waals surface area contributed by atoms with Gasteiger partial charge in [-0.3, -0.25) is 0 Å². The summed E-state index contributed by atoms with van der Waals surface area (Å²) in [7, 11) is 0. The molecule has 0 aliphatic heterocycles. The molecule has 2 aliphatic carbocycles. The Bertz CT molecular complexity index is 2350. The highest BCUT2D eigenvalue weighted by atomic mass is 19.4. The van der Waals surface area contributed by atoms with Crippen LogP contribution in [0.2, 0.25) is 0 Å². The maximum atomic E-state index is 13.5. The molecular formula is C40H16F6N4. The van der Waals surface area contributed by atoms with Crippen LogP contribution in [0.1, 0.15) is 33.4 Å². The zero-order valence-electron chi connectivity index (χ0n) is 25.3. The second-order valence-electron chi connectivity index (χ2n) is 11.6. The fourth-order valence-corrected chi connectivity index (χ4v) is 6.64. The molecule has 10 heteroatoms. The fraction of sp³-hybridized carbons (Fsp3) is 0.0500. The predicted molar refractivity (Wildman–Crippen MR) is 173 cm³/mol. The molecule has 0 radical (unpaired) electrons. The maximum Gasteiger partial charge on any atom is 0.416 e. The van der Waals surface area contributed by atoms with Crippen molar-refractivity contribution in [3.8, 4) is 68.8 Å². The average Bonchev–Trinajstić information content (AvgIpc) is 3.59. The number of nitrogens with zero attached hydrogens (tertiary/aromatic N) is 4. The molecule has 50 heavy (non-hydrogen) atoms. The molecule has 0 fully saturated rings. The van der Waals surface area contributed by atoms with Gasteiger partial charge in [0.15, 0.2) is 0 Å². The molecule has 7 rings (SSSR count). The number of rotatable bonds is 2. The standard InChI is InChI=1S/C40H16F6N4/c41-39(42,43)27-5-1-3-21(11-27)23-7-9-29-31-15-32-30-10-8-24(22-4-2-6-28(12-22)40(44,45)46)14-34(30)38(26(19-49)20-50)36(32)16-35(31)37(33(29)13-23)25(17-47)18-48/h1-16H. The van der Waals surface area contributed by atoms with Crippen molar-refractivity contribution in [3.63, 3.8) is 0 Å². The summed E-state index contributed by atoms with van der Waals surface area (Å²) in [6, 6.07) is 30.7. The van der Waals surface area contributed by atoms with Crippen LogP contribution in [-0.4, -0.2) is 0 Å². The van der Waals surface area contributed by atoms with Crippen LogP contribution in [0.5, 0.6) is 0 Å². The van der Waals surface area contributed by atoms with E-state index in [2.05, 4.69) is 0 Å². The van der Waals surface area contributed by atoms with Crippen molar-refractivity contribution >= 4 is 11.1 Å². The number of hydrogen-bond acceptors (Lipinski definition) is 4. The Balaban J connectivity index is 1.45. The van der Waals surface area contributed by atoms with Crippen LogP contribution >= 0.6 is 0 Å². The Kier molecular flexibility index (Phi) is 7.21. The van der Waals surface area contributed by atoms with Crippen LogP contribution in [0.15, 0.2) is 108 Å². The molecular weight excluding hydrogens is 650 g/mol. The first-order valence-electron chi connectivity index (χ1n) is 14.8. The van der Waals surface area contributed by atoms with E-state index in [1.807, 2.05) is 24.3 Å². The fourth-order valence-electron chi connectivity index (χ4n) is 6.64. The van der Waals surface area contributed by atoms with Crippen molar-refractivity contribution in [2.45, 2.75) is 12.4 Å². The van der Waals surface area contributed by atoms with E-state index in [1.54, 1.807) is 48.5 Å². The first-order valence-corrected chi connectivity index (χ1v) is 14.8. The quantitative estimate of drug-likeness (QED) is 0.136. The van der Waals surface area contributed by atoms with E-state index in [4.69, 9.17) is 0 Å². The van der Waals surface area contributed by atoms with Gasteiger partial charge in [-0.25, -0.2) is 0 Å². The third-order valence-corrected chi connectivity index (χ3v) is 8.85. The Labute approximate surface area is 280 Å². The molecule has 4 nitrogen and oxygen atoms in total. The molecule has 0 heterocycles. The number of allylic oxidation sites excluding steroid dienone is 2. The van der Waals surface area contributed by atoms with Gasteiger partial charge in [0.05, 0.1) is 11.1 Å². The second kappa shape index (κ2) is 11.4. The molecule has 0 amide bonds. The number of halogens is 6. The van der Waals surface area contributed by atoms with Crippen molar-refractivity contribution in [2.24, 2.45) is 0 Å². The minimum absolute atomic E-state index is 0.243. The minimum atomic E-state index is -4.57. The number of alkyl halides is 6. The smallest absolute Gasteiger partial charge is 0.192 e. The lowest BCUT2D eigenvalue weighted by atomic mass is 9.92. The van der Waals surface area contributed by atoms with Gasteiger partial charge in [0, 0.05) is 11.1 Å². The van der Waals surface area contributed by atoms with Crippen LogP contribution in [0, 0.1) is 45.3 Å². The monoisotopic (exact) mass is 666 g/mol. The molecule has 0 unspecified atom stereocenters. The Hall–Kier alpha value is -6.88. The number of hydrogen-bond donors (Lipinski definition) is 0. The lowest BCUT2D eigenvalue weighted by molar-refractivity contribution is -0.138. The van der Waals surface area contributed by atoms with E-state index in [-0.39, 0.29) is 33.4 Å². The molecule has 0 bridgehead atoms. The maximum absolute atomic E-state index is 13.5. The van der Waals surface area contributed by atoms with Gasteiger partial charge in [0.2, 0.25) is 0 Å². The van der Waals surface area contributed by atoms with Crippen molar-refractivity contribution in [1.82, 2.24) is 0 Å². The summed E-state index contributed by atoms with van der Waals surface area (Å²) >= 11 is 0. The molecule has 0 saturated heterocycles. The number of nitriles is 4. The SMILES string of the molecule is N#CC(C#N)=C1c2cc(-c3cccc(C(F)(F)F)c3)ccc2-c2cc3c(cc21)C(=C(C#N)C#N)c1cc(-c2cccc(C(F)(F)F)c2)ccc1-3. The zero-order valence-corrected chi connectivity index (χ0v) is 25.3. The molecule has 2 aliphatic rings. The van der Waals surface area contributed by atoms with Gasteiger partial charge in [-0.1, -0.05) is 48.5 Å². The van der Waals surface area contributed by atoms with Crippen molar-refractivity contribution in [2.75, 3.05) is 0 Å². The summed E-state index contributed by atoms with van der Waals surface area (Å²) in [5.74, 6) is 0. The summed E-state index contributed by atoms with van der Waals surface area (Å²) in [5.41, 5.74) is 3.93. The summed E-state index contributed by atoms with van der Waals surface area (Å²) in [4.78, 5) is 0. The van der Waals surface area contributed by atoms with Gasteiger partial charge in [-0.2, -0.15) is 47.4 Å². The summed E-state index contributed by atoms with van der Waals surface area (Å²) in [6.07, 6.45) is -9.13. The third-order valence-electron chi connectivity index (χ3n) is 8.85. The molecule has 5 aromatic carbocycles. The van der Waals surface area contributed by atoms with Crippen LogP contribution < -0.4 is 0 Å². The van der Waals surface area contributed by atoms with Crippen molar-refractivity contribution in [1.29, 1.82) is 21.0 Å². The molecule has 0 N–H and O–H groups in total. The van der Waals surface area contributed by atoms with Crippen LogP contribution in [-0.2, 0) is 12.4 Å². The zero-order chi connectivity index (χ0) is 35.5. The molecule has 0 aromatic heterocycles. The van der Waals surface area contributed by atoms with E-state index in [9.17, 15) is 47.4 Å². The topological polar surface area (TPSA) is 95.2 Å². The van der Waals surface area contributed by atoms with Gasteiger partial charge in [-0.05, 0) is 115 Å². The van der Waals surface area contributed by atoms with Crippen LogP contribution in [0.25, 0.3) is 55.7 Å². The first-order chi connectivity index (χ1) is 23.9. The van der Waals surface area contributed by atoms with Gasteiger partial charge in [-0.15, -0.1) is 0 Å². The van der Waals surface area contributed by atoms with E-state index < -0.39 is 23.5 Å². The highest BCUT2D eigenvalue weighted by molar-refractivity contribution is 6.11. The van der Waals surface area contributed by atoms with E-state index in [0.717, 1.165) is 24.3 Å². The van der Waals surface area contributed by atoms with Gasteiger partial charge in [0.25, 0.3) is 0 Å². The van der Waals surface area contributed by atoms with E-state index in [1.165, 1.54) is 24.3 Å². The first kappa shape index (κ1) is 31.7. The second-order valence-corrected chi connectivity index (χ2v) is 11.6. The Morgan fingerprint density at radius 3 is 1.08 bits per heavy atom. The molecule has 0 atom stereocenters. The Morgan fingerprint density at radius 2 is 0.720 bits per heavy atom. The van der Waals surface area contributed by atoms with E-state index in [0.29, 0.717) is 55.6 Å².